The van der Waals surface area contributed by atoms with Gasteiger partial charge in [0.2, 0.25) is 5.88 Å². The summed E-state index contributed by atoms with van der Waals surface area (Å²) in [7, 11) is 1.56. The zero-order chi connectivity index (χ0) is 16.4. The minimum atomic E-state index is -0.905. The van der Waals surface area contributed by atoms with Gasteiger partial charge in [-0.2, -0.15) is 0 Å². The van der Waals surface area contributed by atoms with Crippen LogP contribution in [0, 0.1) is 0 Å². The molecule has 0 spiro atoms. The Hall–Kier alpha value is -2.08. The number of ether oxygens (including phenoxy) is 2. The largest absolute Gasteiger partial charge is 0.474 e. The van der Waals surface area contributed by atoms with Crippen molar-refractivity contribution in [3.8, 4) is 5.88 Å². The third-order valence-electron chi connectivity index (χ3n) is 3.78. The molecule has 3 rings (SSSR count). The fourth-order valence-electron chi connectivity index (χ4n) is 2.49. The van der Waals surface area contributed by atoms with Gasteiger partial charge in [-0.25, -0.2) is 9.97 Å². The van der Waals surface area contributed by atoms with E-state index >= 15 is 0 Å². The number of nitrogens with zero attached hydrogens (tertiary/aromatic N) is 5. The number of aromatic nitrogens is 2. The summed E-state index contributed by atoms with van der Waals surface area (Å²) < 4.78 is 11.1. The molecule has 1 aliphatic carbocycles. The second kappa shape index (κ2) is 6.20. The zero-order valence-electron chi connectivity index (χ0n) is 12.9. The maximum absolute atomic E-state index is 8.92. The van der Waals surface area contributed by atoms with Crippen LogP contribution in [0.2, 0.25) is 5.15 Å². The molecule has 0 bridgehead atoms. The third kappa shape index (κ3) is 3.17. The monoisotopic (exact) mass is 333 g/mol. The first kappa shape index (κ1) is 15.8. The maximum atomic E-state index is 8.92. The summed E-state index contributed by atoms with van der Waals surface area (Å²) in [5.41, 5.74) is 8.73. The predicted molar refractivity (Wildman–Crippen MR) is 86.6 cm³/mol. The van der Waals surface area contributed by atoms with E-state index in [-0.39, 0.29) is 12.7 Å². The van der Waals surface area contributed by atoms with Crippen LogP contribution in [-0.2, 0) is 10.3 Å². The SMILES string of the molecule is COC[C@](C)(N=[N+]=[N-])c1cnc(OC2CC2)c2cnc(Cl)cc12. The topological polar surface area (TPSA) is 93.0 Å². The molecule has 2 heterocycles. The van der Waals surface area contributed by atoms with Crippen molar-refractivity contribution in [2.45, 2.75) is 31.4 Å². The summed E-state index contributed by atoms with van der Waals surface area (Å²) in [6.07, 6.45) is 5.58. The van der Waals surface area contributed by atoms with Crippen LogP contribution < -0.4 is 4.74 Å². The van der Waals surface area contributed by atoms with Gasteiger partial charge in [0.1, 0.15) is 11.3 Å². The Morgan fingerprint density at radius 2 is 2.17 bits per heavy atom. The molecule has 1 fully saturated rings. The number of halogens is 1. The second-order valence-electron chi connectivity index (χ2n) is 5.74. The van der Waals surface area contributed by atoms with E-state index in [2.05, 4.69) is 20.0 Å². The minimum Gasteiger partial charge on any atom is -0.474 e. The van der Waals surface area contributed by atoms with Crippen LogP contribution in [0.3, 0.4) is 0 Å². The summed E-state index contributed by atoms with van der Waals surface area (Å²) >= 11 is 6.06. The molecule has 7 nitrogen and oxygen atoms in total. The van der Waals surface area contributed by atoms with E-state index in [9.17, 15) is 0 Å². The molecule has 2 aromatic heterocycles. The average Bonchev–Trinajstić information content (AvgIpc) is 3.31. The summed E-state index contributed by atoms with van der Waals surface area (Å²) in [5.74, 6) is 0.524. The molecule has 8 heteroatoms. The van der Waals surface area contributed by atoms with Crippen molar-refractivity contribution >= 4 is 22.4 Å². The van der Waals surface area contributed by atoms with Gasteiger partial charge in [-0.3, -0.25) is 0 Å². The Balaban J connectivity index is 2.20. The highest BCUT2D eigenvalue weighted by molar-refractivity contribution is 6.30. The van der Waals surface area contributed by atoms with Gasteiger partial charge in [0, 0.05) is 24.4 Å². The first-order valence-corrected chi connectivity index (χ1v) is 7.62. The number of hydrogen-bond acceptors (Lipinski definition) is 5. The number of methoxy groups -OCH3 is 1. The first-order valence-electron chi connectivity index (χ1n) is 7.24. The van der Waals surface area contributed by atoms with E-state index in [0.29, 0.717) is 11.0 Å². The molecule has 0 saturated heterocycles. The molecule has 120 valence electrons. The van der Waals surface area contributed by atoms with Crippen molar-refractivity contribution in [2.24, 2.45) is 5.11 Å². The van der Waals surface area contributed by atoms with E-state index in [4.69, 9.17) is 26.6 Å². The lowest BCUT2D eigenvalue weighted by molar-refractivity contribution is 0.141. The third-order valence-corrected chi connectivity index (χ3v) is 3.98. The van der Waals surface area contributed by atoms with E-state index in [1.54, 1.807) is 32.5 Å². The fraction of sp³-hybridized carbons (Fsp3) is 0.467. The molecular weight excluding hydrogens is 318 g/mol. The molecule has 1 atom stereocenters. The van der Waals surface area contributed by atoms with Crippen molar-refractivity contribution in [3.05, 3.63) is 39.6 Å². The van der Waals surface area contributed by atoms with Gasteiger partial charge in [-0.1, -0.05) is 16.7 Å². The molecule has 1 saturated carbocycles. The average molecular weight is 334 g/mol. The Morgan fingerprint density at radius 1 is 1.39 bits per heavy atom. The number of hydrogen-bond donors (Lipinski definition) is 0. The molecule has 23 heavy (non-hydrogen) atoms. The summed E-state index contributed by atoms with van der Waals surface area (Å²) in [5, 5.41) is 5.80. The zero-order valence-corrected chi connectivity index (χ0v) is 13.6. The molecule has 0 radical (unpaired) electrons. The van der Waals surface area contributed by atoms with Gasteiger partial charge in [-0.05, 0) is 42.3 Å². The Kier molecular flexibility index (Phi) is 4.26. The lowest BCUT2D eigenvalue weighted by Gasteiger charge is -2.25. The van der Waals surface area contributed by atoms with Crippen LogP contribution in [0.1, 0.15) is 25.3 Å². The maximum Gasteiger partial charge on any atom is 0.223 e. The fourth-order valence-corrected chi connectivity index (χ4v) is 2.65. The first-order chi connectivity index (χ1) is 11.1. The predicted octanol–water partition coefficient (Wildman–Crippen LogP) is 4.00. The van der Waals surface area contributed by atoms with Crippen molar-refractivity contribution < 1.29 is 9.47 Å². The molecule has 0 amide bonds. The number of pyridine rings is 2. The summed E-state index contributed by atoms with van der Waals surface area (Å²) in [6, 6.07) is 1.73. The van der Waals surface area contributed by atoms with Crippen molar-refractivity contribution in [1.82, 2.24) is 9.97 Å². The number of fused-ring (bicyclic) bond motifs is 1. The highest BCUT2D eigenvalue weighted by Gasteiger charge is 2.30. The Bertz CT molecular complexity index is 789. The van der Waals surface area contributed by atoms with Crippen LogP contribution in [0.15, 0.2) is 23.6 Å². The smallest absolute Gasteiger partial charge is 0.223 e. The highest BCUT2D eigenvalue weighted by atomic mass is 35.5. The second-order valence-corrected chi connectivity index (χ2v) is 6.13. The quantitative estimate of drug-likeness (QED) is 0.345. The summed E-state index contributed by atoms with van der Waals surface area (Å²) in [4.78, 5) is 11.5. The van der Waals surface area contributed by atoms with Crippen molar-refractivity contribution in [2.75, 3.05) is 13.7 Å². The van der Waals surface area contributed by atoms with Crippen LogP contribution in [0.4, 0.5) is 0 Å². The van der Waals surface area contributed by atoms with E-state index < -0.39 is 5.54 Å². The molecule has 0 N–H and O–H groups in total. The van der Waals surface area contributed by atoms with Crippen LogP contribution in [-0.4, -0.2) is 29.8 Å². The summed E-state index contributed by atoms with van der Waals surface area (Å²) in [6.45, 7) is 2.01. The van der Waals surface area contributed by atoms with Crippen molar-refractivity contribution in [1.29, 1.82) is 0 Å². The molecule has 0 aliphatic heterocycles. The van der Waals surface area contributed by atoms with Crippen LogP contribution in [0.5, 0.6) is 5.88 Å². The molecule has 0 unspecified atom stereocenters. The van der Waals surface area contributed by atoms with Gasteiger partial charge in [-0.15, -0.1) is 0 Å². The Morgan fingerprint density at radius 3 is 2.83 bits per heavy atom. The van der Waals surface area contributed by atoms with Gasteiger partial charge in [0.05, 0.1) is 17.5 Å². The lowest BCUT2D eigenvalue weighted by atomic mass is 9.91. The highest BCUT2D eigenvalue weighted by Crippen LogP contribution is 2.37. The minimum absolute atomic E-state index is 0.217. The lowest BCUT2D eigenvalue weighted by Crippen LogP contribution is -2.25. The standard InChI is InChI=1S/C15H16ClN5O2/c1-15(8-22-2,20-21-17)12-7-19-14(23-9-3-4-9)11-6-18-13(16)5-10(11)12/h5-7,9H,3-4,8H2,1-2H3/t15-/m0/s1. The number of azide groups is 1. The van der Waals surface area contributed by atoms with Gasteiger partial charge >= 0.3 is 0 Å². The van der Waals surface area contributed by atoms with Crippen molar-refractivity contribution in [3.63, 3.8) is 0 Å². The van der Waals surface area contributed by atoms with E-state index in [0.717, 1.165) is 29.2 Å². The van der Waals surface area contributed by atoms with Gasteiger partial charge < -0.3 is 9.47 Å². The number of rotatable bonds is 6. The van der Waals surface area contributed by atoms with Crippen LogP contribution >= 0.6 is 11.6 Å². The molecule has 2 aromatic rings. The molecular formula is C15H16ClN5O2. The van der Waals surface area contributed by atoms with Gasteiger partial charge in [0.25, 0.3) is 0 Å². The van der Waals surface area contributed by atoms with Crippen LogP contribution in [0.25, 0.3) is 21.2 Å². The van der Waals surface area contributed by atoms with E-state index in [1.165, 1.54) is 0 Å². The molecule has 0 aromatic carbocycles. The Labute approximate surface area is 138 Å². The normalized spacial score (nSPS) is 16.7. The molecule has 1 aliphatic rings. The van der Waals surface area contributed by atoms with Gasteiger partial charge in [0.15, 0.2) is 0 Å². The van der Waals surface area contributed by atoms with E-state index in [1.807, 2.05) is 0 Å².